The quantitative estimate of drug-likeness (QED) is 0.320. The van der Waals surface area contributed by atoms with E-state index in [0.29, 0.717) is 34.8 Å². The van der Waals surface area contributed by atoms with E-state index in [2.05, 4.69) is 4.90 Å². The molecule has 0 saturated carbocycles. The fourth-order valence-electron chi connectivity index (χ4n) is 4.67. The van der Waals surface area contributed by atoms with Crippen LogP contribution in [-0.2, 0) is 34.0 Å². The molecule has 34 heavy (non-hydrogen) atoms. The molecule has 5 rings (SSSR count). The summed E-state index contributed by atoms with van der Waals surface area (Å²) in [7, 11) is 4.06. The molecule has 4 heterocycles. The summed E-state index contributed by atoms with van der Waals surface area (Å²) in [4.78, 5) is 32.6. The second-order valence-electron chi connectivity index (χ2n) is 9.08. The lowest BCUT2D eigenvalue weighted by molar-refractivity contribution is -0.172. The van der Waals surface area contributed by atoms with Crippen molar-refractivity contribution in [2.24, 2.45) is 0 Å². The zero-order chi connectivity index (χ0) is 24.2. The number of fused-ring (bicyclic) bond motifs is 5. The fourth-order valence-corrected chi connectivity index (χ4v) is 5.82. The van der Waals surface area contributed by atoms with Gasteiger partial charge in [-0.05, 0) is 44.8 Å². The average Bonchev–Trinajstić information content (AvgIpc) is 3.17. The highest BCUT2D eigenvalue weighted by Gasteiger charge is 2.45. The van der Waals surface area contributed by atoms with Gasteiger partial charge in [0.05, 0.1) is 29.0 Å². The van der Waals surface area contributed by atoms with Crippen LogP contribution in [0.25, 0.3) is 22.3 Å². The van der Waals surface area contributed by atoms with Gasteiger partial charge in [0.1, 0.15) is 12.4 Å². The summed E-state index contributed by atoms with van der Waals surface area (Å²) < 4.78 is 6.75. The van der Waals surface area contributed by atoms with E-state index in [1.807, 2.05) is 20.2 Å². The van der Waals surface area contributed by atoms with E-state index in [0.717, 1.165) is 34.3 Å². The Balaban J connectivity index is 1.60. The van der Waals surface area contributed by atoms with Crippen molar-refractivity contribution in [3.05, 3.63) is 56.9 Å². The largest absolute Gasteiger partial charge is 0.508 e. The highest BCUT2D eigenvalue weighted by Crippen LogP contribution is 2.40. The lowest BCUT2D eigenvalue weighted by atomic mass is 9.86. The molecule has 2 N–H and O–H groups in total. The number of pyridine rings is 2. The maximum Gasteiger partial charge on any atom is 0.343 e. The summed E-state index contributed by atoms with van der Waals surface area (Å²) in [6, 6.07) is 7.14. The number of aliphatic hydroxyl groups is 1. The second-order valence-corrected chi connectivity index (χ2v) is 10.2. The number of ether oxygens (including phenoxy) is 1. The monoisotopic (exact) mass is 481 g/mol. The van der Waals surface area contributed by atoms with E-state index in [1.165, 1.54) is 0 Å². The number of nitrogens with zero attached hydrogens (tertiary/aromatic N) is 3. The number of carbonyl (C=O) groups is 1. The molecule has 2 aromatic heterocycles. The van der Waals surface area contributed by atoms with Crippen LogP contribution in [0, 0.1) is 0 Å². The molecule has 1 atom stereocenters. The summed E-state index contributed by atoms with van der Waals surface area (Å²) >= 11 is 1.75. The Kier molecular flexibility index (Phi) is 5.66. The number of hydrogen-bond donors (Lipinski definition) is 2. The van der Waals surface area contributed by atoms with Crippen molar-refractivity contribution in [2.75, 3.05) is 26.4 Å². The summed E-state index contributed by atoms with van der Waals surface area (Å²) in [5.74, 6) is 1.10. The van der Waals surface area contributed by atoms with Gasteiger partial charge in [-0.2, -0.15) is 11.8 Å². The fraction of sp³-hybridized carbons (Fsp3) is 0.400. The standard InChI is InChI=1S/C25H27N3O5S/c1-4-25(32)18-10-20-22-14(11-28(20)23(30)16(18)12-33-24(25)31)9-15-17(13-34-8-7-27(2)3)21(29)6-5-19(15)26-22/h5-6,9-10,29,32H,4,7-8,11-13H2,1-3H3/t25-/m0/s1. The van der Waals surface area contributed by atoms with Crippen LogP contribution in [0.15, 0.2) is 29.1 Å². The molecule has 2 aliphatic rings. The Bertz CT molecular complexity index is 1380. The first kappa shape index (κ1) is 22.9. The van der Waals surface area contributed by atoms with Crippen molar-refractivity contribution in [3.63, 3.8) is 0 Å². The lowest BCUT2D eigenvalue weighted by Gasteiger charge is -2.31. The third-order valence-corrected chi connectivity index (χ3v) is 7.67. The topological polar surface area (TPSA) is 105 Å². The van der Waals surface area contributed by atoms with Crippen molar-refractivity contribution in [1.29, 1.82) is 0 Å². The minimum absolute atomic E-state index is 0.105. The molecule has 0 fully saturated rings. The number of benzene rings is 1. The highest BCUT2D eigenvalue weighted by atomic mass is 32.2. The normalized spacial score (nSPS) is 18.7. The number of phenolic OH excluding ortho intramolecular Hbond substituents is 1. The Morgan fingerprint density at radius 1 is 1.26 bits per heavy atom. The number of carbonyl (C=O) groups excluding carboxylic acids is 1. The molecule has 2 aliphatic heterocycles. The summed E-state index contributed by atoms with van der Waals surface area (Å²) in [6.45, 7) is 2.82. The number of phenols is 1. The van der Waals surface area contributed by atoms with Crippen molar-refractivity contribution in [3.8, 4) is 17.1 Å². The molecule has 1 aromatic carbocycles. The molecule has 3 aromatic rings. The molecule has 9 heteroatoms. The molecular weight excluding hydrogens is 454 g/mol. The first-order chi connectivity index (χ1) is 16.2. The van der Waals surface area contributed by atoms with Gasteiger partial charge >= 0.3 is 5.97 Å². The molecule has 0 saturated heterocycles. The Morgan fingerprint density at radius 3 is 2.79 bits per heavy atom. The minimum Gasteiger partial charge on any atom is -0.508 e. The molecule has 8 nitrogen and oxygen atoms in total. The van der Waals surface area contributed by atoms with Gasteiger partial charge in [-0.15, -0.1) is 0 Å². The highest BCUT2D eigenvalue weighted by molar-refractivity contribution is 7.98. The predicted molar refractivity (Wildman–Crippen MR) is 131 cm³/mol. The first-order valence-corrected chi connectivity index (χ1v) is 12.4. The number of esters is 1. The summed E-state index contributed by atoms with van der Waals surface area (Å²) in [5, 5.41) is 22.4. The van der Waals surface area contributed by atoms with Crippen LogP contribution in [0.4, 0.5) is 0 Å². The van der Waals surface area contributed by atoms with Crippen LogP contribution in [0.3, 0.4) is 0 Å². The SMILES string of the molecule is CC[C@@]1(O)C(=O)OCc2c1cc1n(c2=O)Cc2cc3c(CSCCN(C)C)c(O)ccc3nc2-1. The van der Waals surface area contributed by atoms with E-state index in [4.69, 9.17) is 9.72 Å². The van der Waals surface area contributed by atoms with Gasteiger partial charge in [0.2, 0.25) is 0 Å². The number of hydrogen-bond acceptors (Lipinski definition) is 8. The molecule has 0 bridgehead atoms. The third-order valence-electron chi connectivity index (χ3n) is 6.71. The Hall–Kier alpha value is -2.88. The van der Waals surface area contributed by atoms with Crippen molar-refractivity contribution in [2.45, 2.75) is 37.9 Å². The summed E-state index contributed by atoms with van der Waals surface area (Å²) in [6.07, 6.45) is 0.105. The van der Waals surface area contributed by atoms with Crippen molar-refractivity contribution in [1.82, 2.24) is 14.5 Å². The molecule has 0 spiro atoms. The second kappa shape index (κ2) is 8.41. The van der Waals surface area contributed by atoms with Gasteiger partial charge in [0, 0.05) is 40.1 Å². The molecule has 0 radical (unpaired) electrons. The van der Waals surface area contributed by atoms with Crippen LogP contribution < -0.4 is 5.56 Å². The van der Waals surface area contributed by atoms with E-state index >= 15 is 0 Å². The minimum atomic E-state index is -1.84. The van der Waals surface area contributed by atoms with Gasteiger partial charge in [0.25, 0.3) is 5.56 Å². The van der Waals surface area contributed by atoms with Gasteiger partial charge < -0.3 is 24.4 Å². The number of aromatic nitrogens is 2. The van der Waals surface area contributed by atoms with E-state index in [1.54, 1.807) is 41.5 Å². The third kappa shape index (κ3) is 3.50. The first-order valence-electron chi connectivity index (χ1n) is 11.3. The van der Waals surface area contributed by atoms with E-state index < -0.39 is 11.6 Å². The molecule has 0 unspecified atom stereocenters. The van der Waals surface area contributed by atoms with Gasteiger partial charge in [-0.25, -0.2) is 9.78 Å². The average molecular weight is 482 g/mol. The van der Waals surface area contributed by atoms with Crippen LogP contribution in [0.1, 0.15) is 35.6 Å². The van der Waals surface area contributed by atoms with Gasteiger partial charge in [-0.3, -0.25) is 4.79 Å². The molecule has 0 amide bonds. The van der Waals surface area contributed by atoms with Crippen molar-refractivity contribution >= 4 is 28.6 Å². The number of aromatic hydroxyl groups is 1. The molecule has 0 aliphatic carbocycles. The zero-order valence-electron chi connectivity index (χ0n) is 19.4. The smallest absolute Gasteiger partial charge is 0.343 e. The van der Waals surface area contributed by atoms with Crippen LogP contribution in [0.5, 0.6) is 5.75 Å². The van der Waals surface area contributed by atoms with Crippen LogP contribution in [-0.4, -0.2) is 57.0 Å². The maximum atomic E-state index is 13.3. The van der Waals surface area contributed by atoms with Crippen LogP contribution in [0.2, 0.25) is 0 Å². The number of thioether (sulfide) groups is 1. The Morgan fingerprint density at radius 2 is 2.06 bits per heavy atom. The predicted octanol–water partition coefficient (Wildman–Crippen LogP) is 2.58. The number of cyclic esters (lactones) is 1. The summed E-state index contributed by atoms with van der Waals surface area (Å²) in [5.41, 5.74) is 2.15. The van der Waals surface area contributed by atoms with Crippen molar-refractivity contribution < 1.29 is 19.7 Å². The lowest BCUT2D eigenvalue weighted by Crippen LogP contribution is -2.44. The molecular formula is C25H27N3O5S. The van der Waals surface area contributed by atoms with Gasteiger partial charge in [-0.1, -0.05) is 6.92 Å². The Labute approximate surface area is 201 Å². The maximum absolute atomic E-state index is 13.3. The zero-order valence-corrected chi connectivity index (χ0v) is 20.2. The number of rotatable bonds is 6. The van der Waals surface area contributed by atoms with Crippen LogP contribution >= 0.6 is 11.8 Å². The van der Waals surface area contributed by atoms with Gasteiger partial charge in [0.15, 0.2) is 5.60 Å². The van der Waals surface area contributed by atoms with E-state index in [9.17, 15) is 19.8 Å². The molecule has 178 valence electrons. The van der Waals surface area contributed by atoms with E-state index in [-0.39, 0.29) is 24.3 Å².